The maximum Gasteiger partial charge on any atom is 0.416 e. The Morgan fingerprint density at radius 3 is 1.96 bits per heavy atom. The summed E-state index contributed by atoms with van der Waals surface area (Å²) in [5.41, 5.74) is 1.48. The molecule has 0 bridgehead atoms. The zero-order chi connectivity index (χ0) is 20.1. The molecule has 0 amide bonds. The van der Waals surface area contributed by atoms with E-state index in [-0.39, 0.29) is 0 Å². The first-order chi connectivity index (χ1) is 13.4. The van der Waals surface area contributed by atoms with Crippen LogP contribution in [0.25, 0.3) is 0 Å². The fraction of sp³-hybridized carbons (Fsp3) is 0.429. The standard InChI is InChI=1S/C21H25F3N2O2/c1-27-19-7-8-20(28-2)17(13-19)15-26-11-9-25(10-12-26)14-16-3-5-18(6-4-16)21(22,23)24/h3-8,13H,9-12,14-15H2,1-2H3/p+2. The predicted octanol–water partition coefficient (Wildman–Crippen LogP) is 1.21. The maximum atomic E-state index is 12.7. The summed E-state index contributed by atoms with van der Waals surface area (Å²) in [6.45, 7) is 5.62. The van der Waals surface area contributed by atoms with E-state index in [0.717, 1.165) is 61.9 Å². The van der Waals surface area contributed by atoms with E-state index >= 15 is 0 Å². The zero-order valence-electron chi connectivity index (χ0n) is 16.2. The van der Waals surface area contributed by atoms with Crippen LogP contribution in [0.2, 0.25) is 0 Å². The third-order valence-electron chi connectivity index (χ3n) is 5.33. The summed E-state index contributed by atoms with van der Waals surface area (Å²) < 4.78 is 48.8. The highest BCUT2D eigenvalue weighted by Crippen LogP contribution is 2.29. The van der Waals surface area contributed by atoms with Crippen molar-refractivity contribution in [1.29, 1.82) is 0 Å². The monoisotopic (exact) mass is 396 g/mol. The molecule has 2 N–H and O–H groups in total. The Balaban J connectivity index is 1.53. The normalized spacial score (nSPS) is 20.0. The number of piperazine rings is 1. The van der Waals surface area contributed by atoms with Gasteiger partial charge in [-0.2, -0.15) is 13.2 Å². The van der Waals surface area contributed by atoms with Crippen molar-refractivity contribution in [2.24, 2.45) is 0 Å². The lowest BCUT2D eigenvalue weighted by atomic mass is 10.1. The van der Waals surface area contributed by atoms with Crippen molar-refractivity contribution in [3.8, 4) is 11.5 Å². The van der Waals surface area contributed by atoms with E-state index in [1.807, 2.05) is 18.2 Å². The van der Waals surface area contributed by atoms with E-state index in [1.165, 1.54) is 21.9 Å². The van der Waals surface area contributed by atoms with E-state index in [4.69, 9.17) is 9.47 Å². The summed E-state index contributed by atoms with van der Waals surface area (Å²) in [6, 6.07) is 11.4. The van der Waals surface area contributed by atoms with Gasteiger partial charge in [0.25, 0.3) is 0 Å². The number of nitrogens with one attached hydrogen (secondary N) is 2. The van der Waals surface area contributed by atoms with Crippen LogP contribution in [0.5, 0.6) is 11.5 Å². The Morgan fingerprint density at radius 2 is 1.43 bits per heavy atom. The average Bonchev–Trinajstić information content (AvgIpc) is 2.69. The molecule has 1 heterocycles. The van der Waals surface area contributed by atoms with Gasteiger partial charge >= 0.3 is 6.18 Å². The second-order valence-electron chi connectivity index (χ2n) is 7.23. The van der Waals surface area contributed by atoms with Crippen molar-refractivity contribution in [3.05, 3.63) is 59.2 Å². The number of hydrogen-bond acceptors (Lipinski definition) is 2. The topological polar surface area (TPSA) is 27.3 Å². The molecule has 0 unspecified atom stereocenters. The minimum absolute atomic E-state index is 0.590. The molecule has 4 nitrogen and oxygen atoms in total. The molecule has 0 radical (unpaired) electrons. The molecule has 28 heavy (non-hydrogen) atoms. The largest absolute Gasteiger partial charge is 0.497 e. The molecule has 1 aliphatic rings. The van der Waals surface area contributed by atoms with E-state index in [2.05, 4.69) is 0 Å². The highest BCUT2D eigenvalue weighted by Gasteiger charge is 2.30. The first kappa shape index (κ1) is 20.5. The summed E-state index contributed by atoms with van der Waals surface area (Å²) >= 11 is 0. The predicted molar refractivity (Wildman–Crippen MR) is 99.8 cm³/mol. The van der Waals surface area contributed by atoms with Crippen LogP contribution < -0.4 is 19.3 Å². The van der Waals surface area contributed by atoms with Crippen LogP contribution in [0.4, 0.5) is 13.2 Å². The van der Waals surface area contributed by atoms with Crippen LogP contribution in [-0.4, -0.2) is 40.4 Å². The van der Waals surface area contributed by atoms with Gasteiger partial charge in [0, 0.05) is 5.56 Å². The molecule has 0 saturated carbocycles. The van der Waals surface area contributed by atoms with Gasteiger partial charge in [0.1, 0.15) is 50.8 Å². The molecule has 1 aliphatic heterocycles. The van der Waals surface area contributed by atoms with Gasteiger partial charge in [-0.25, -0.2) is 0 Å². The summed E-state index contributed by atoms with van der Waals surface area (Å²) in [5, 5.41) is 0. The van der Waals surface area contributed by atoms with Crippen molar-refractivity contribution in [2.45, 2.75) is 19.3 Å². The maximum absolute atomic E-state index is 12.7. The number of quaternary nitrogens is 2. The third kappa shape index (κ3) is 5.17. The van der Waals surface area contributed by atoms with Crippen molar-refractivity contribution in [2.75, 3.05) is 40.4 Å². The number of alkyl halides is 3. The van der Waals surface area contributed by atoms with Crippen LogP contribution in [0, 0.1) is 0 Å². The van der Waals surface area contributed by atoms with E-state index in [1.54, 1.807) is 26.4 Å². The van der Waals surface area contributed by atoms with Gasteiger partial charge in [0.05, 0.1) is 25.3 Å². The Labute approximate surface area is 163 Å². The zero-order valence-corrected chi connectivity index (χ0v) is 16.2. The Hall–Kier alpha value is -2.25. The van der Waals surface area contributed by atoms with E-state index < -0.39 is 11.7 Å². The second-order valence-corrected chi connectivity index (χ2v) is 7.23. The Bertz CT molecular complexity index is 770. The number of hydrogen-bond donors (Lipinski definition) is 2. The molecule has 7 heteroatoms. The highest BCUT2D eigenvalue weighted by atomic mass is 19.4. The number of rotatable bonds is 6. The summed E-state index contributed by atoms with van der Waals surface area (Å²) in [6.07, 6.45) is -4.28. The number of ether oxygens (including phenoxy) is 2. The molecule has 3 rings (SSSR count). The molecular formula is C21H27F3N2O2+2. The fourth-order valence-electron chi connectivity index (χ4n) is 3.70. The fourth-order valence-corrected chi connectivity index (χ4v) is 3.70. The molecular weight excluding hydrogens is 369 g/mol. The minimum atomic E-state index is -4.28. The molecule has 0 spiro atoms. The van der Waals surface area contributed by atoms with Gasteiger partial charge in [-0.15, -0.1) is 0 Å². The van der Waals surface area contributed by atoms with Gasteiger partial charge in [0.2, 0.25) is 0 Å². The lowest BCUT2D eigenvalue weighted by molar-refractivity contribution is -1.02. The van der Waals surface area contributed by atoms with Crippen molar-refractivity contribution < 1.29 is 32.4 Å². The number of benzene rings is 2. The molecule has 1 saturated heterocycles. The van der Waals surface area contributed by atoms with Crippen LogP contribution in [0.1, 0.15) is 16.7 Å². The van der Waals surface area contributed by atoms with Gasteiger partial charge in [0.15, 0.2) is 0 Å². The van der Waals surface area contributed by atoms with Crippen molar-refractivity contribution in [3.63, 3.8) is 0 Å². The van der Waals surface area contributed by atoms with Crippen LogP contribution in [0.15, 0.2) is 42.5 Å². The van der Waals surface area contributed by atoms with Crippen LogP contribution in [-0.2, 0) is 19.3 Å². The van der Waals surface area contributed by atoms with Crippen molar-refractivity contribution >= 4 is 0 Å². The third-order valence-corrected chi connectivity index (χ3v) is 5.33. The smallest absolute Gasteiger partial charge is 0.416 e. The van der Waals surface area contributed by atoms with Gasteiger partial charge < -0.3 is 19.3 Å². The quantitative estimate of drug-likeness (QED) is 0.768. The Kier molecular flexibility index (Phi) is 6.46. The Morgan fingerprint density at radius 1 is 0.821 bits per heavy atom. The van der Waals surface area contributed by atoms with Gasteiger partial charge in [-0.05, 0) is 30.3 Å². The molecule has 0 aromatic heterocycles. The van der Waals surface area contributed by atoms with E-state index in [9.17, 15) is 13.2 Å². The molecule has 1 fully saturated rings. The first-order valence-electron chi connectivity index (χ1n) is 9.43. The summed E-state index contributed by atoms with van der Waals surface area (Å²) in [7, 11) is 3.33. The number of methoxy groups -OCH3 is 2. The van der Waals surface area contributed by atoms with Gasteiger partial charge in [-0.3, -0.25) is 0 Å². The molecule has 0 atom stereocenters. The SMILES string of the molecule is COc1ccc(OC)c(C[NH+]2CC[NH+](Cc3ccc(C(F)(F)F)cc3)CC2)c1. The van der Waals surface area contributed by atoms with Crippen molar-refractivity contribution in [1.82, 2.24) is 0 Å². The summed E-state index contributed by atoms with van der Waals surface area (Å²) in [5.74, 6) is 1.69. The molecule has 152 valence electrons. The lowest BCUT2D eigenvalue weighted by Crippen LogP contribution is -3.27. The van der Waals surface area contributed by atoms with E-state index in [0.29, 0.717) is 0 Å². The number of halogens is 3. The van der Waals surface area contributed by atoms with Gasteiger partial charge in [-0.1, -0.05) is 12.1 Å². The molecule has 2 aromatic carbocycles. The molecule has 2 aromatic rings. The average molecular weight is 396 g/mol. The minimum Gasteiger partial charge on any atom is -0.497 e. The van der Waals surface area contributed by atoms with Crippen LogP contribution in [0.3, 0.4) is 0 Å². The second kappa shape index (κ2) is 8.84. The van der Waals surface area contributed by atoms with Crippen LogP contribution >= 0.6 is 0 Å². The highest BCUT2D eigenvalue weighted by molar-refractivity contribution is 5.39. The lowest BCUT2D eigenvalue weighted by Gasteiger charge is -2.30. The first-order valence-corrected chi connectivity index (χ1v) is 9.43. The summed E-state index contributed by atoms with van der Waals surface area (Å²) in [4.78, 5) is 2.88. The molecule has 0 aliphatic carbocycles.